The summed E-state index contributed by atoms with van der Waals surface area (Å²) in [5.74, 6) is 2.13. The zero-order valence-corrected chi connectivity index (χ0v) is 43.2. The molecule has 34 heteroatoms. The Labute approximate surface area is 452 Å². The summed E-state index contributed by atoms with van der Waals surface area (Å²) in [5.41, 5.74) is 8.24. The van der Waals surface area contributed by atoms with Gasteiger partial charge in [-0.1, -0.05) is 69.5 Å². The number of hydrogen-bond acceptors (Lipinski definition) is 25. The van der Waals surface area contributed by atoms with Gasteiger partial charge in [0.2, 0.25) is 0 Å². The first-order chi connectivity index (χ1) is 34.5. The number of ether oxygens (including phenoxy) is 2. The molecule has 0 radical (unpaired) electrons. The fourth-order valence-corrected chi connectivity index (χ4v) is 5.72. The molecule has 0 spiro atoms. The number of aromatic nitrogens is 24. The van der Waals surface area contributed by atoms with E-state index in [0.717, 1.165) is 43.4 Å². The summed E-state index contributed by atoms with van der Waals surface area (Å²) in [4.78, 5) is 5.77. The Kier molecular flexibility index (Phi) is 30.1. The van der Waals surface area contributed by atoms with Gasteiger partial charge in [0, 0.05) is 33.5 Å². The van der Waals surface area contributed by atoms with Crippen molar-refractivity contribution >= 4 is 49.0 Å². The van der Waals surface area contributed by atoms with Gasteiger partial charge in [-0.3, -0.25) is 4.68 Å². The number of aryl methyl sites for hydroxylation is 5. The fourth-order valence-electron chi connectivity index (χ4n) is 5.38. The van der Waals surface area contributed by atoms with E-state index in [4.69, 9.17) is 41.9 Å². The first-order valence-electron chi connectivity index (χ1n) is 20.2. The van der Waals surface area contributed by atoms with Crippen LogP contribution in [-0.2, 0) is 89.7 Å². The second-order valence-electron chi connectivity index (χ2n) is 13.7. The molecule has 7 heterocycles. The van der Waals surface area contributed by atoms with E-state index in [1.807, 2.05) is 50.5 Å². The van der Waals surface area contributed by atoms with Crippen molar-refractivity contribution in [3.05, 3.63) is 107 Å². The predicted molar refractivity (Wildman–Crippen MR) is 257 cm³/mol. The smallest absolute Gasteiger partial charge is 0.512 e. The van der Waals surface area contributed by atoms with Crippen LogP contribution in [0.25, 0.3) is 33.1 Å². The third kappa shape index (κ3) is 20.1. The minimum absolute atomic E-state index is 0. The molecule has 7 aromatic heterocycles. The maximum atomic E-state index is 9.29. The van der Waals surface area contributed by atoms with Gasteiger partial charge >= 0.3 is 29.6 Å². The van der Waals surface area contributed by atoms with E-state index in [1.54, 1.807) is 47.3 Å². The molecular formula is C40H54BrN26NaO6. The van der Waals surface area contributed by atoms with E-state index in [-0.39, 0.29) is 70.8 Å². The van der Waals surface area contributed by atoms with Crippen molar-refractivity contribution < 1.29 is 59.6 Å². The number of nitrogens with zero attached hydrogens (tertiary/aromatic N) is 25. The van der Waals surface area contributed by atoms with Crippen LogP contribution in [-0.4, -0.2) is 148 Å². The van der Waals surface area contributed by atoms with Gasteiger partial charge in [-0.25, -0.2) is 19.0 Å². The van der Waals surface area contributed by atoms with Crippen molar-refractivity contribution in [2.24, 2.45) is 35.2 Å². The summed E-state index contributed by atoms with van der Waals surface area (Å²) in [5, 5.41) is 110. The Bertz CT molecular complexity index is 3160. The summed E-state index contributed by atoms with van der Waals surface area (Å²) >= 11 is 3.40. The minimum atomic E-state index is -0.375. The molecule has 0 bridgehead atoms. The Morgan fingerprint density at radius 3 is 1.64 bits per heavy atom. The van der Waals surface area contributed by atoms with Gasteiger partial charge in [0.15, 0.2) is 23.3 Å². The van der Waals surface area contributed by atoms with Gasteiger partial charge in [-0.2, -0.15) is 20.4 Å². The van der Waals surface area contributed by atoms with Gasteiger partial charge in [0.1, 0.15) is 61.4 Å². The molecule has 0 fully saturated rings. The summed E-state index contributed by atoms with van der Waals surface area (Å²) in [6, 6.07) is 18.9. The zero-order chi connectivity index (χ0) is 51.5. The molecule has 0 atom stereocenters. The number of halogens is 1. The molecule has 0 unspecified atom stereocenters. The first-order valence-corrected chi connectivity index (χ1v) is 21.3. The molecule has 0 aliphatic rings. The molecule has 32 nitrogen and oxygen atoms in total. The van der Waals surface area contributed by atoms with Gasteiger partial charge < -0.3 is 41.8 Å². The number of aliphatic hydroxyl groups excluding tert-OH is 3. The summed E-state index contributed by atoms with van der Waals surface area (Å²) in [6.45, 7) is 5.72. The molecule has 74 heavy (non-hydrogen) atoms. The predicted octanol–water partition coefficient (Wildman–Crippen LogP) is -2.15. The van der Waals surface area contributed by atoms with Crippen LogP contribution in [0, 0.1) is 23.2 Å². The van der Waals surface area contributed by atoms with Crippen molar-refractivity contribution in [1.82, 2.24) is 121 Å². The quantitative estimate of drug-likeness (QED) is 0.0303. The SMILES string of the molecule is C.C.Cn1ncnc1CO.Cn1nnc(CO)n1.Cn1nnc2cc(CBr)ccc21.Cn1nnnc1COCc1ccc2c(c1)nnn2C.N#CCO.On1nnc2cc(COCc3nn[nH]n3)ccc21.[C-]#N.[Na+]. The fraction of sp³-hybridized carbons (Fsp3) is 0.375. The molecule has 10 rings (SSSR count). The second-order valence-corrected chi connectivity index (χ2v) is 14.2. The number of fused-ring (bicyclic) bond motifs is 3. The van der Waals surface area contributed by atoms with E-state index in [9.17, 15) is 5.21 Å². The number of aromatic amines is 1. The number of nitrogens with one attached hydrogen (secondary N) is 1. The molecular weight excluding hydrogens is 1040 g/mol. The van der Waals surface area contributed by atoms with Gasteiger partial charge in [0.25, 0.3) is 0 Å². The van der Waals surface area contributed by atoms with Crippen LogP contribution >= 0.6 is 15.9 Å². The van der Waals surface area contributed by atoms with Crippen molar-refractivity contribution in [2.75, 3.05) is 6.61 Å². The van der Waals surface area contributed by atoms with Gasteiger partial charge in [-0.15, -0.1) is 40.8 Å². The average molecular weight is 1100 g/mol. The van der Waals surface area contributed by atoms with Gasteiger partial charge in [-0.05, 0) is 73.9 Å². The number of alkyl halides is 1. The number of benzene rings is 3. The third-order valence-electron chi connectivity index (χ3n) is 8.80. The number of aliphatic hydroxyl groups is 3. The zero-order valence-electron chi connectivity index (χ0n) is 39.6. The van der Waals surface area contributed by atoms with Crippen molar-refractivity contribution in [3.8, 4) is 6.07 Å². The molecule has 0 aliphatic carbocycles. The number of tetrazole rings is 3. The normalized spacial score (nSPS) is 9.76. The third-order valence-corrected chi connectivity index (χ3v) is 9.45. The van der Waals surface area contributed by atoms with Crippen LogP contribution in [0.5, 0.6) is 0 Å². The maximum Gasteiger partial charge on any atom is 1.00 e. The molecule has 0 amide bonds. The first kappa shape index (κ1) is 64.3. The van der Waals surface area contributed by atoms with Crippen LogP contribution in [0.15, 0.2) is 60.9 Å². The Hall–Kier alpha value is -7.73. The van der Waals surface area contributed by atoms with Crippen LogP contribution in [0.3, 0.4) is 0 Å². The molecule has 0 saturated carbocycles. The number of H-pyrrole nitrogens is 1. The Balaban J connectivity index is 0.000000462. The van der Waals surface area contributed by atoms with Gasteiger partial charge in [0.05, 0.1) is 37.4 Å². The topological polar surface area (TPSA) is 411 Å². The second kappa shape index (κ2) is 34.6. The summed E-state index contributed by atoms with van der Waals surface area (Å²) < 4.78 is 17.6. The van der Waals surface area contributed by atoms with Crippen LogP contribution < -0.4 is 29.6 Å². The molecule has 5 N–H and O–H groups in total. The van der Waals surface area contributed by atoms with E-state index in [0.29, 0.717) is 54.2 Å². The van der Waals surface area contributed by atoms with Crippen LogP contribution in [0.2, 0.25) is 0 Å². The molecule has 10 aromatic rings. The van der Waals surface area contributed by atoms with E-state index in [1.165, 1.54) is 27.4 Å². The largest absolute Gasteiger partial charge is 1.00 e. The van der Waals surface area contributed by atoms with Crippen molar-refractivity contribution in [3.63, 3.8) is 0 Å². The van der Waals surface area contributed by atoms with E-state index >= 15 is 0 Å². The molecule has 388 valence electrons. The van der Waals surface area contributed by atoms with Crippen molar-refractivity contribution in [1.29, 1.82) is 10.5 Å². The van der Waals surface area contributed by atoms with Crippen LogP contribution in [0.4, 0.5) is 0 Å². The molecule has 3 aromatic carbocycles. The number of nitriles is 1. The monoisotopic (exact) mass is 1100 g/mol. The standard InChI is InChI=1S/C11H13N7O.C9H9N7O2.C8H8BrN3.C4H7N3O.C3H6N4O.C2H3NO.CN.2CH4.Na/c1-17-10-4-3-8(5-9(10)12-15-17)6-19-7-11-13-14-16-18(11)2;17-16-8-2-1-6(3-7(8)10-15-16)4-18-5-9-11-13-14-12-9;1-12-8-3-2-6(5-9)4-7(8)10-11-12;1-7-4(2-8)5-3-6-7;1-7-5-3(2-8)4-6-7;3-1-2-4;1-2;;;/h3-5H,6-7H2,1-2H3;1-3,17H,4-5H2,(H,11,12,13,14);2-4H,5H2,1H3;3,8H,2H2,1H3;8H,2H2,1H3;4H,2H2;;2*1H4;/q;;;;;;-1;;;+1. The minimum Gasteiger partial charge on any atom is -0.512 e. The number of rotatable bonds is 11. The Morgan fingerprint density at radius 1 is 0.635 bits per heavy atom. The average Bonchev–Trinajstić information content (AvgIpc) is 4.30. The summed E-state index contributed by atoms with van der Waals surface area (Å²) in [6.07, 6.45) is 1.41. The van der Waals surface area contributed by atoms with E-state index in [2.05, 4.69) is 115 Å². The summed E-state index contributed by atoms with van der Waals surface area (Å²) in [7, 11) is 8.92. The van der Waals surface area contributed by atoms with Crippen molar-refractivity contribution in [2.45, 2.75) is 59.8 Å². The maximum absolute atomic E-state index is 9.29. The van der Waals surface area contributed by atoms with E-state index < -0.39 is 0 Å². The van der Waals surface area contributed by atoms with Crippen LogP contribution in [0.1, 0.15) is 54.8 Å². The molecule has 0 aliphatic heterocycles. The number of hydrogen-bond donors (Lipinski definition) is 5. The molecule has 0 saturated heterocycles. The Morgan fingerprint density at radius 2 is 1.19 bits per heavy atom.